The number of fused-ring (bicyclic) bond motifs is 1. The molecule has 41 heavy (non-hydrogen) atoms. The summed E-state index contributed by atoms with van der Waals surface area (Å²) in [6, 6.07) is 17.3. The number of hydrogen-bond donors (Lipinski definition) is 1. The van der Waals surface area contributed by atoms with Gasteiger partial charge >= 0.3 is 0 Å². The van der Waals surface area contributed by atoms with Crippen LogP contribution in [0.15, 0.2) is 77.9 Å². The standard InChI is InChI=1S/C31H32N4O6/c1-39-24-15-22(16-25(17-24)40-2)20-41-23-11-9-21(10-12-23)19-35(27-7-3-5-13-32-29(27)36)31(38)26-18-33-28-8-4-6-14-34(28)30(26)37/h4,6,8-12,14-18,27H,3,5,7,13,19-20H2,1-2H3,(H,32,36)/t27-/m0/s1. The molecule has 5 rings (SSSR count). The third-order valence-electron chi connectivity index (χ3n) is 7.08. The molecule has 0 aliphatic carbocycles. The summed E-state index contributed by atoms with van der Waals surface area (Å²) in [5.74, 6) is 1.23. The van der Waals surface area contributed by atoms with E-state index in [1.54, 1.807) is 44.7 Å². The quantitative estimate of drug-likeness (QED) is 0.335. The average molecular weight is 557 g/mol. The number of methoxy groups -OCH3 is 2. The molecule has 2 aromatic carbocycles. The number of nitrogens with one attached hydrogen (secondary N) is 1. The van der Waals surface area contributed by atoms with Gasteiger partial charge in [-0.1, -0.05) is 18.2 Å². The first-order chi connectivity index (χ1) is 20.0. The van der Waals surface area contributed by atoms with Crippen LogP contribution >= 0.6 is 0 Å². The molecular weight excluding hydrogens is 524 g/mol. The van der Waals surface area contributed by atoms with E-state index in [1.807, 2.05) is 36.4 Å². The zero-order chi connectivity index (χ0) is 28.8. The number of pyridine rings is 1. The Labute approximate surface area is 237 Å². The van der Waals surface area contributed by atoms with Crippen molar-refractivity contribution < 1.29 is 23.8 Å². The summed E-state index contributed by atoms with van der Waals surface area (Å²) in [5.41, 5.74) is 1.56. The maximum absolute atomic E-state index is 13.8. The van der Waals surface area contributed by atoms with Gasteiger partial charge in [-0.15, -0.1) is 0 Å². The molecule has 0 radical (unpaired) electrons. The average Bonchev–Trinajstić information content (AvgIpc) is 3.23. The van der Waals surface area contributed by atoms with Crippen LogP contribution in [-0.2, 0) is 17.9 Å². The molecular formula is C31H32N4O6. The van der Waals surface area contributed by atoms with E-state index in [9.17, 15) is 14.4 Å². The summed E-state index contributed by atoms with van der Waals surface area (Å²) < 4.78 is 18.0. The summed E-state index contributed by atoms with van der Waals surface area (Å²) in [5, 5.41) is 2.90. The van der Waals surface area contributed by atoms with E-state index in [4.69, 9.17) is 14.2 Å². The summed E-state index contributed by atoms with van der Waals surface area (Å²) in [6.07, 6.45) is 4.99. The number of aromatic nitrogens is 2. The molecule has 1 N–H and O–H groups in total. The normalized spacial score (nSPS) is 15.1. The maximum atomic E-state index is 13.8. The Morgan fingerprint density at radius 3 is 2.46 bits per heavy atom. The summed E-state index contributed by atoms with van der Waals surface area (Å²) in [4.78, 5) is 45.8. The second kappa shape index (κ2) is 12.5. The Morgan fingerprint density at radius 2 is 1.73 bits per heavy atom. The number of ether oxygens (including phenoxy) is 3. The van der Waals surface area contributed by atoms with Crippen molar-refractivity contribution >= 4 is 17.5 Å². The fourth-order valence-electron chi connectivity index (χ4n) is 4.88. The summed E-state index contributed by atoms with van der Waals surface area (Å²) >= 11 is 0. The van der Waals surface area contributed by atoms with Crippen molar-refractivity contribution in [2.24, 2.45) is 0 Å². The highest BCUT2D eigenvalue weighted by Gasteiger charge is 2.33. The molecule has 1 atom stereocenters. The van der Waals surface area contributed by atoms with Crippen molar-refractivity contribution in [1.82, 2.24) is 19.6 Å². The van der Waals surface area contributed by atoms with Crippen molar-refractivity contribution in [1.29, 1.82) is 0 Å². The monoisotopic (exact) mass is 556 g/mol. The van der Waals surface area contributed by atoms with Crippen molar-refractivity contribution in [3.8, 4) is 17.2 Å². The molecule has 0 unspecified atom stereocenters. The minimum Gasteiger partial charge on any atom is -0.497 e. The van der Waals surface area contributed by atoms with Gasteiger partial charge in [-0.25, -0.2) is 4.98 Å². The smallest absolute Gasteiger partial charge is 0.270 e. The predicted octanol–water partition coefficient (Wildman–Crippen LogP) is 3.60. The Morgan fingerprint density at radius 1 is 0.976 bits per heavy atom. The molecule has 3 heterocycles. The highest BCUT2D eigenvalue weighted by Crippen LogP contribution is 2.25. The van der Waals surface area contributed by atoms with Gasteiger partial charge in [0.1, 0.15) is 41.1 Å². The second-order valence-corrected chi connectivity index (χ2v) is 9.80. The van der Waals surface area contributed by atoms with Gasteiger partial charge in [0.05, 0.1) is 14.2 Å². The molecule has 10 heteroatoms. The Hall–Kier alpha value is -4.86. The molecule has 1 aliphatic rings. The van der Waals surface area contributed by atoms with Gasteiger partial charge in [-0.05, 0) is 66.8 Å². The maximum Gasteiger partial charge on any atom is 0.270 e. The minimum absolute atomic E-state index is 0.0839. The van der Waals surface area contributed by atoms with Crippen molar-refractivity contribution in [3.63, 3.8) is 0 Å². The fourth-order valence-corrected chi connectivity index (χ4v) is 4.88. The fraction of sp³-hybridized carbons (Fsp3) is 0.290. The van der Waals surface area contributed by atoms with Crippen LogP contribution in [0.2, 0.25) is 0 Å². The Kier molecular flexibility index (Phi) is 8.47. The van der Waals surface area contributed by atoms with Crippen LogP contribution in [0, 0.1) is 0 Å². The van der Waals surface area contributed by atoms with Crippen molar-refractivity contribution in [2.75, 3.05) is 20.8 Å². The van der Waals surface area contributed by atoms with Crippen molar-refractivity contribution in [3.05, 3.63) is 100 Å². The van der Waals surface area contributed by atoms with Crippen LogP contribution < -0.4 is 25.1 Å². The molecule has 1 saturated heterocycles. The number of carbonyl (C=O) groups is 2. The van der Waals surface area contributed by atoms with Gasteiger partial charge in [0.2, 0.25) is 5.91 Å². The van der Waals surface area contributed by atoms with E-state index in [0.717, 1.165) is 24.0 Å². The summed E-state index contributed by atoms with van der Waals surface area (Å²) in [7, 11) is 3.19. The molecule has 4 aromatic rings. The highest BCUT2D eigenvalue weighted by molar-refractivity contribution is 5.97. The lowest BCUT2D eigenvalue weighted by Crippen LogP contribution is -2.49. The molecule has 1 fully saturated rings. The topological polar surface area (TPSA) is 111 Å². The van der Waals surface area contributed by atoms with E-state index in [2.05, 4.69) is 10.3 Å². The zero-order valence-corrected chi connectivity index (χ0v) is 23.0. The first kappa shape index (κ1) is 27.7. The second-order valence-electron chi connectivity index (χ2n) is 9.80. The lowest BCUT2D eigenvalue weighted by Gasteiger charge is -2.30. The van der Waals surface area contributed by atoms with Crippen LogP contribution in [0.5, 0.6) is 17.2 Å². The van der Waals surface area contributed by atoms with E-state index in [1.165, 1.54) is 15.5 Å². The first-order valence-electron chi connectivity index (χ1n) is 13.5. The number of amides is 2. The van der Waals surface area contributed by atoms with Gasteiger partial charge in [-0.2, -0.15) is 0 Å². The molecule has 212 valence electrons. The van der Waals surface area contributed by atoms with Crippen LogP contribution in [0.4, 0.5) is 0 Å². The van der Waals surface area contributed by atoms with Gasteiger partial charge in [0, 0.05) is 31.5 Å². The molecule has 0 bridgehead atoms. The van der Waals surface area contributed by atoms with E-state index in [-0.39, 0.29) is 18.0 Å². The van der Waals surface area contributed by atoms with E-state index < -0.39 is 17.5 Å². The van der Waals surface area contributed by atoms with Gasteiger partial charge in [-0.3, -0.25) is 18.8 Å². The minimum atomic E-state index is -0.708. The molecule has 2 aromatic heterocycles. The van der Waals surface area contributed by atoms with Gasteiger partial charge < -0.3 is 24.4 Å². The van der Waals surface area contributed by atoms with Crippen molar-refractivity contribution in [2.45, 2.75) is 38.5 Å². The largest absolute Gasteiger partial charge is 0.497 e. The first-order valence-corrected chi connectivity index (χ1v) is 13.5. The number of benzene rings is 2. The summed E-state index contributed by atoms with van der Waals surface area (Å²) in [6.45, 7) is 1.00. The SMILES string of the molecule is COc1cc(COc2ccc(CN(C(=O)c3cnc4ccccn4c3=O)[C@H]3CCCCNC3=O)cc2)cc(OC)c1. The third kappa shape index (κ3) is 6.32. The molecule has 1 aliphatic heterocycles. The highest BCUT2D eigenvalue weighted by atomic mass is 16.5. The molecule has 2 amide bonds. The predicted molar refractivity (Wildman–Crippen MR) is 152 cm³/mol. The molecule has 10 nitrogen and oxygen atoms in total. The molecule has 0 saturated carbocycles. The van der Waals surface area contributed by atoms with E-state index >= 15 is 0 Å². The van der Waals surface area contributed by atoms with Crippen LogP contribution in [0.25, 0.3) is 5.65 Å². The number of hydrogen-bond acceptors (Lipinski definition) is 7. The molecule has 0 spiro atoms. The van der Waals surface area contributed by atoms with Gasteiger partial charge in [0.15, 0.2) is 0 Å². The van der Waals surface area contributed by atoms with E-state index in [0.29, 0.717) is 42.5 Å². The van der Waals surface area contributed by atoms with Crippen LogP contribution in [0.3, 0.4) is 0 Å². The Balaban J connectivity index is 1.37. The third-order valence-corrected chi connectivity index (χ3v) is 7.08. The number of rotatable bonds is 9. The van der Waals surface area contributed by atoms with Crippen LogP contribution in [-0.4, -0.2) is 52.9 Å². The lowest BCUT2D eigenvalue weighted by atomic mass is 10.1. The Bertz CT molecular complexity index is 1580. The zero-order valence-electron chi connectivity index (χ0n) is 23.0. The van der Waals surface area contributed by atoms with Gasteiger partial charge in [0.25, 0.3) is 11.5 Å². The number of carbonyl (C=O) groups excluding carboxylic acids is 2. The lowest BCUT2D eigenvalue weighted by molar-refractivity contribution is -0.125. The van der Waals surface area contributed by atoms with Crippen LogP contribution in [0.1, 0.15) is 40.7 Å². The number of nitrogens with zero attached hydrogens (tertiary/aromatic N) is 3.